The Labute approximate surface area is 118 Å². The van der Waals surface area contributed by atoms with Gasteiger partial charge in [-0.1, -0.05) is 6.07 Å². The Morgan fingerprint density at radius 2 is 2.05 bits per heavy atom. The first-order valence-corrected chi connectivity index (χ1v) is 6.95. The van der Waals surface area contributed by atoms with Crippen LogP contribution in [0.3, 0.4) is 0 Å². The number of hydrogen-bond acceptors (Lipinski definition) is 4. The number of fused-ring (bicyclic) bond motifs is 1. The van der Waals surface area contributed by atoms with E-state index in [1.54, 1.807) is 0 Å². The van der Waals surface area contributed by atoms with Crippen LogP contribution in [0.2, 0.25) is 0 Å². The van der Waals surface area contributed by atoms with Crippen molar-refractivity contribution in [2.45, 2.75) is 18.3 Å². The van der Waals surface area contributed by atoms with E-state index in [2.05, 4.69) is 10.2 Å². The second-order valence-electron chi connectivity index (χ2n) is 5.71. The Kier molecular flexibility index (Phi) is 3.30. The average Bonchev–Trinajstić information content (AvgIpc) is 3.10. The maximum atomic E-state index is 12.4. The van der Waals surface area contributed by atoms with E-state index in [9.17, 15) is 4.79 Å². The van der Waals surface area contributed by atoms with Gasteiger partial charge in [-0.2, -0.15) is 0 Å². The molecule has 20 heavy (non-hydrogen) atoms. The van der Waals surface area contributed by atoms with Gasteiger partial charge in [-0.3, -0.25) is 4.79 Å². The SMILES string of the molecule is CN(C)CCNC(=O)C1(c2ccc3c(c2)OCO3)CC1. The molecule has 5 heteroatoms. The monoisotopic (exact) mass is 276 g/mol. The smallest absolute Gasteiger partial charge is 0.231 e. The van der Waals surface area contributed by atoms with Crippen molar-refractivity contribution in [3.05, 3.63) is 23.8 Å². The van der Waals surface area contributed by atoms with Crippen LogP contribution < -0.4 is 14.8 Å². The number of rotatable bonds is 5. The quantitative estimate of drug-likeness (QED) is 0.876. The molecular weight excluding hydrogens is 256 g/mol. The van der Waals surface area contributed by atoms with Crippen LogP contribution in [0.15, 0.2) is 18.2 Å². The molecule has 1 heterocycles. The zero-order valence-corrected chi connectivity index (χ0v) is 11.9. The molecule has 0 spiro atoms. The third-order valence-corrected chi connectivity index (χ3v) is 3.95. The van der Waals surface area contributed by atoms with E-state index in [1.165, 1.54) is 0 Å². The molecule has 0 atom stereocenters. The number of ether oxygens (including phenoxy) is 2. The van der Waals surface area contributed by atoms with Crippen LogP contribution in [-0.2, 0) is 10.2 Å². The molecule has 0 radical (unpaired) electrons. The van der Waals surface area contributed by atoms with Gasteiger partial charge >= 0.3 is 0 Å². The number of carbonyl (C=O) groups excluding carboxylic acids is 1. The lowest BCUT2D eigenvalue weighted by Gasteiger charge is -2.17. The first kappa shape index (κ1) is 13.2. The van der Waals surface area contributed by atoms with Crippen molar-refractivity contribution in [3.63, 3.8) is 0 Å². The van der Waals surface area contributed by atoms with E-state index < -0.39 is 0 Å². The molecule has 0 unspecified atom stereocenters. The molecule has 1 N–H and O–H groups in total. The zero-order chi connectivity index (χ0) is 14.2. The van der Waals surface area contributed by atoms with Crippen molar-refractivity contribution in [3.8, 4) is 11.5 Å². The molecule has 1 aromatic rings. The second kappa shape index (κ2) is 4.98. The lowest BCUT2D eigenvalue weighted by Crippen LogP contribution is -2.38. The molecule has 3 rings (SSSR count). The first-order valence-electron chi connectivity index (χ1n) is 6.95. The largest absolute Gasteiger partial charge is 0.454 e. The zero-order valence-electron chi connectivity index (χ0n) is 11.9. The lowest BCUT2D eigenvalue weighted by atomic mass is 9.94. The Bertz CT molecular complexity index is 524. The van der Waals surface area contributed by atoms with E-state index in [0.29, 0.717) is 6.54 Å². The van der Waals surface area contributed by atoms with Gasteiger partial charge in [-0.05, 0) is 44.6 Å². The van der Waals surface area contributed by atoms with Gasteiger partial charge < -0.3 is 19.7 Å². The third-order valence-electron chi connectivity index (χ3n) is 3.95. The van der Waals surface area contributed by atoms with E-state index >= 15 is 0 Å². The summed E-state index contributed by atoms with van der Waals surface area (Å²) in [6, 6.07) is 5.82. The minimum absolute atomic E-state index is 0.123. The van der Waals surface area contributed by atoms with Crippen molar-refractivity contribution in [1.29, 1.82) is 0 Å². The van der Waals surface area contributed by atoms with Crippen LogP contribution in [-0.4, -0.2) is 44.8 Å². The molecule has 1 saturated carbocycles. The molecule has 0 bridgehead atoms. The van der Waals surface area contributed by atoms with Gasteiger partial charge in [0.25, 0.3) is 0 Å². The Balaban J connectivity index is 1.70. The third kappa shape index (κ3) is 2.33. The second-order valence-corrected chi connectivity index (χ2v) is 5.71. The molecule has 0 aromatic heterocycles. The molecular formula is C15H20N2O3. The van der Waals surface area contributed by atoms with Crippen LogP contribution in [0.1, 0.15) is 18.4 Å². The Hall–Kier alpha value is -1.75. The minimum Gasteiger partial charge on any atom is -0.454 e. The van der Waals surface area contributed by atoms with Gasteiger partial charge in [0, 0.05) is 13.1 Å². The maximum Gasteiger partial charge on any atom is 0.231 e. The maximum absolute atomic E-state index is 12.4. The standard InChI is InChI=1S/C15H20N2O3/c1-17(2)8-7-16-14(18)15(5-6-15)11-3-4-12-13(9-11)20-10-19-12/h3-4,9H,5-8,10H2,1-2H3,(H,16,18). The summed E-state index contributed by atoms with van der Waals surface area (Å²) in [7, 11) is 3.99. The Morgan fingerprint density at radius 1 is 1.30 bits per heavy atom. The molecule has 5 nitrogen and oxygen atoms in total. The van der Waals surface area contributed by atoms with Gasteiger partial charge in [0.2, 0.25) is 12.7 Å². The topological polar surface area (TPSA) is 50.8 Å². The van der Waals surface area contributed by atoms with Crippen molar-refractivity contribution in [1.82, 2.24) is 10.2 Å². The summed E-state index contributed by atoms with van der Waals surface area (Å²) in [6.45, 7) is 1.79. The summed E-state index contributed by atoms with van der Waals surface area (Å²) >= 11 is 0. The number of hydrogen-bond donors (Lipinski definition) is 1. The molecule has 0 saturated heterocycles. The van der Waals surface area contributed by atoms with Gasteiger partial charge in [-0.15, -0.1) is 0 Å². The molecule has 1 amide bonds. The highest BCUT2D eigenvalue weighted by Crippen LogP contribution is 2.50. The molecule has 2 aliphatic rings. The molecule has 1 aliphatic carbocycles. The summed E-state index contributed by atoms with van der Waals surface area (Å²) < 4.78 is 10.7. The van der Waals surface area contributed by atoms with Gasteiger partial charge in [0.15, 0.2) is 11.5 Å². The molecule has 1 aromatic carbocycles. The molecule has 1 fully saturated rings. The van der Waals surface area contributed by atoms with Crippen LogP contribution in [0, 0.1) is 0 Å². The van der Waals surface area contributed by atoms with Crippen molar-refractivity contribution >= 4 is 5.91 Å². The lowest BCUT2D eigenvalue weighted by molar-refractivity contribution is -0.123. The summed E-state index contributed by atoms with van der Waals surface area (Å²) in [5.41, 5.74) is 0.678. The first-order chi connectivity index (χ1) is 9.62. The van der Waals surface area contributed by atoms with Crippen LogP contribution in [0.5, 0.6) is 11.5 Å². The van der Waals surface area contributed by atoms with E-state index in [0.717, 1.165) is 36.4 Å². The molecule has 1 aliphatic heterocycles. The summed E-state index contributed by atoms with van der Waals surface area (Å²) in [6.07, 6.45) is 1.81. The Morgan fingerprint density at radius 3 is 2.75 bits per heavy atom. The summed E-state index contributed by atoms with van der Waals surface area (Å²) in [5.74, 6) is 1.63. The van der Waals surface area contributed by atoms with Crippen LogP contribution in [0.4, 0.5) is 0 Å². The fourth-order valence-corrected chi connectivity index (χ4v) is 2.53. The van der Waals surface area contributed by atoms with Gasteiger partial charge in [-0.25, -0.2) is 0 Å². The van der Waals surface area contributed by atoms with E-state index in [-0.39, 0.29) is 18.1 Å². The predicted molar refractivity (Wildman–Crippen MR) is 75.0 cm³/mol. The number of benzene rings is 1. The number of likely N-dealkylation sites (N-methyl/N-ethyl adjacent to an activating group) is 1. The predicted octanol–water partition coefficient (Wildman–Crippen LogP) is 1.12. The van der Waals surface area contributed by atoms with E-state index in [4.69, 9.17) is 9.47 Å². The van der Waals surface area contributed by atoms with Crippen LogP contribution >= 0.6 is 0 Å². The van der Waals surface area contributed by atoms with Gasteiger partial charge in [0.1, 0.15) is 0 Å². The van der Waals surface area contributed by atoms with Gasteiger partial charge in [0.05, 0.1) is 5.41 Å². The average molecular weight is 276 g/mol. The minimum atomic E-state index is -0.354. The number of amides is 1. The summed E-state index contributed by atoms with van der Waals surface area (Å²) in [4.78, 5) is 14.5. The van der Waals surface area contributed by atoms with Crippen LogP contribution in [0.25, 0.3) is 0 Å². The molecule has 108 valence electrons. The number of carbonyl (C=O) groups is 1. The highest BCUT2D eigenvalue weighted by molar-refractivity contribution is 5.91. The van der Waals surface area contributed by atoms with E-state index in [1.807, 2.05) is 32.3 Å². The van der Waals surface area contributed by atoms with Crippen molar-refractivity contribution in [2.75, 3.05) is 34.0 Å². The van der Waals surface area contributed by atoms with Crippen molar-refractivity contribution in [2.24, 2.45) is 0 Å². The number of nitrogens with zero attached hydrogens (tertiary/aromatic N) is 1. The highest BCUT2D eigenvalue weighted by atomic mass is 16.7. The van der Waals surface area contributed by atoms with Crippen molar-refractivity contribution < 1.29 is 14.3 Å². The summed E-state index contributed by atoms with van der Waals surface area (Å²) in [5, 5.41) is 3.03. The fraction of sp³-hybridized carbons (Fsp3) is 0.533. The fourth-order valence-electron chi connectivity index (χ4n) is 2.53. The normalized spacial score (nSPS) is 18.1. The number of nitrogens with one attached hydrogen (secondary N) is 1. The highest BCUT2D eigenvalue weighted by Gasteiger charge is 2.51.